The monoisotopic (exact) mass is 344 g/mol. The Labute approximate surface area is 141 Å². The van der Waals surface area contributed by atoms with Crippen molar-refractivity contribution in [2.75, 3.05) is 0 Å². The van der Waals surface area contributed by atoms with E-state index >= 15 is 0 Å². The molecule has 4 rings (SSSR count). The van der Waals surface area contributed by atoms with Gasteiger partial charge >= 0.3 is 0 Å². The lowest BCUT2D eigenvalue weighted by Gasteiger charge is -2.22. The molecular weight excluding hydrogens is 328 g/mol. The average molecular weight is 344 g/mol. The number of ether oxygens (including phenoxy) is 1. The number of fused-ring (bicyclic) bond motifs is 4. The zero-order valence-electron chi connectivity index (χ0n) is 13.7. The number of benzene rings is 2. The molecule has 25 heavy (non-hydrogen) atoms. The molecule has 0 radical (unpaired) electrons. The van der Waals surface area contributed by atoms with E-state index in [1.54, 1.807) is 0 Å². The molecule has 2 aromatic carbocycles. The SMILES string of the molecule is C[C@@H]1Oc2cc(O)c3c(=O)c4cc(O)c(O)c(O)c4oc3c2C1(C)C. The third kappa shape index (κ3) is 1.77. The molecule has 4 N–H and O–H groups in total. The number of hydrogen-bond donors (Lipinski definition) is 4. The van der Waals surface area contributed by atoms with Crippen LogP contribution in [-0.4, -0.2) is 26.5 Å². The summed E-state index contributed by atoms with van der Waals surface area (Å²) in [5.41, 5.74) is -0.728. The molecule has 0 saturated carbocycles. The molecule has 1 aliphatic heterocycles. The Morgan fingerprint density at radius 2 is 1.68 bits per heavy atom. The Balaban J connectivity index is 2.29. The zero-order valence-corrected chi connectivity index (χ0v) is 13.7. The van der Waals surface area contributed by atoms with E-state index in [4.69, 9.17) is 9.15 Å². The molecule has 0 unspecified atom stereocenters. The second-order valence-electron chi connectivity index (χ2n) is 6.86. The number of aromatic hydroxyl groups is 4. The maximum Gasteiger partial charge on any atom is 0.205 e. The molecular formula is C18H16O7. The Morgan fingerprint density at radius 1 is 1.00 bits per heavy atom. The third-order valence-corrected chi connectivity index (χ3v) is 5.07. The van der Waals surface area contributed by atoms with Gasteiger partial charge in [-0.3, -0.25) is 4.79 Å². The molecule has 7 heteroatoms. The van der Waals surface area contributed by atoms with Gasteiger partial charge in [0, 0.05) is 17.0 Å². The van der Waals surface area contributed by atoms with Gasteiger partial charge in [0.1, 0.15) is 28.6 Å². The molecule has 1 aromatic heterocycles. The van der Waals surface area contributed by atoms with Crippen LogP contribution in [0.2, 0.25) is 0 Å². The van der Waals surface area contributed by atoms with Crippen molar-refractivity contribution in [2.45, 2.75) is 32.3 Å². The minimum Gasteiger partial charge on any atom is -0.507 e. The van der Waals surface area contributed by atoms with Crippen LogP contribution in [0.5, 0.6) is 28.7 Å². The zero-order chi connectivity index (χ0) is 18.3. The summed E-state index contributed by atoms with van der Waals surface area (Å²) in [6.07, 6.45) is -0.227. The summed E-state index contributed by atoms with van der Waals surface area (Å²) in [4.78, 5) is 12.9. The molecule has 0 fully saturated rings. The van der Waals surface area contributed by atoms with Gasteiger partial charge in [0.05, 0.1) is 5.39 Å². The second-order valence-corrected chi connectivity index (χ2v) is 6.86. The lowest BCUT2D eigenvalue weighted by atomic mass is 9.81. The van der Waals surface area contributed by atoms with Crippen LogP contribution in [0.25, 0.3) is 21.9 Å². The summed E-state index contributed by atoms with van der Waals surface area (Å²) in [6.45, 7) is 5.69. The molecule has 2 heterocycles. The molecule has 1 aliphatic rings. The van der Waals surface area contributed by atoms with Gasteiger partial charge in [0.25, 0.3) is 0 Å². The number of hydrogen-bond acceptors (Lipinski definition) is 7. The standard InChI is InChI=1S/C18H16O7/c1-6-18(2,3)12-10(24-6)5-8(19)11-13(21)7-4-9(20)14(22)15(23)16(7)25-17(11)12/h4-6,19-20,22-23H,1-3H3/t6-/m0/s1. The first-order chi connectivity index (χ1) is 11.6. The Kier molecular flexibility index (Phi) is 2.78. The van der Waals surface area contributed by atoms with Crippen LogP contribution in [0, 0.1) is 0 Å². The van der Waals surface area contributed by atoms with Crippen LogP contribution in [0.4, 0.5) is 0 Å². The predicted octanol–water partition coefficient (Wildman–Crippen LogP) is 2.83. The Morgan fingerprint density at radius 3 is 2.36 bits per heavy atom. The predicted molar refractivity (Wildman–Crippen MR) is 89.8 cm³/mol. The molecule has 0 aliphatic carbocycles. The molecule has 0 saturated heterocycles. The first-order valence-electron chi connectivity index (χ1n) is 7.72. The van der Waals surface area contributed by atoms with E-state index in [1.165, 1.54) is 6.07 Å². The number of rotatable bonds is 0. The fourth-order valence-electron chi connectivity index (χ4n) is 3.32. The van der Waals surface area contributed by atoms with Gasteiger partial charge in [0.15, 0.2) is 11.3 Å². The minimum absolute atomic E-state index is 0.0680. The third-order valence-electron chi connectivity index (χ3n) is 5.07. The maximum atomic E-state index is 12.9. The van der Waals surface area contributed by atoms with Gasteiger partial charge in [-0.05, 0) is 13.0 Å². The summed E-state index contributed by atoms with van der Waals surface area (Å²) < 4.78 is 11.5. The van der Waals surface area contributed by atoms with Gasteiger partial charge < -0.3 is 29.6 Å². The molecule has 0 spiro atoms. The lowest BCUT2D eigenvalue weighted by molar-refractivity contribution is 0.185. The van der Waals surface area contributed by atoms with Crippen molar-refractivity contribution in [1.82, 2.24) is 0 Å². The molecule has 0 bridgehead atoms. The first kappa shape index (κ1) is 15.4. The van der Waals surface area contributed by atoms with E-state index in [9.17, 15) is 25.2 Å². The molecule has 0 amide bonds. The van der Waals surface area contributed by atoms with Gasteiger partial charge in [-0.15, -0.1) is 0 Å². The largest absolute Gasteiger partial charge is 0.507 e. The van der Waals surface area contributed by atoms with Crippen molar-refractivity contribution in [1.29, 1.82) is 0 Å². The highest BCUT2D eigenvalue weighted by atomic mass is 16.5. The summed E-state index contributed by atoms with van der Waals surface area (Å²) in [7, 11) is 0. The smallest absolute Gasteiger partial charge is 0.205 e. The van der Waals surface area contributed by atoms with Crippen LogP contribution in [0.3, 0.4) is 0 Å². The fourth-order valence-corrected chi connectivity index (χ4v) is 3.32. The highest BCUT2D eigenvalue weighted by molar-refractivity contribution is 5.99. The van der Waals surface area contributed by atoms with E-state index in [0.717, 1.165) is 6.07 Å². The normalized spacial score (nSPS) is 18.4. The summed E-state index contributed by atoms with van der Waals surface area (Å²) in [5.74, 6) is -2.10. The van der Waals surface area contributed by atoms with Crippen LogP contribution >= 0.6 is 0 Å². The number of phenols is 4. The quantitative estimate of drug-likeness (QED) is 0.365. The topological polar surface area (TPSA) is 120 Å². The Bertz CT molecular complexity index is 1120. The van der Waals surface area contributed by atoms with Crippen LogP contribution < -0.4 is 10.2 Å². The van der Waals surface area contributed by atoms with Gasteiger partial charge in [-0.2, -0.15) is 0 Å². The van der Waals surface area contributed by atoms with Gasteiger partial charge in [-0.1, -0.05) is 13.8 Å². The Hall–Kier alpha value is -3.09. The van der Waals surface area contributed by atoms with Crippen molar-refractivity contribution < 1.29 is 29.6 Å². The second kappa shape index (κ2) is 4.50. The van der Waals surface area contributed by atoms with Crippen molar-refractivity contribution in [2.24, 2.45) is 0 Å². The van der Waals surface area contributed by atoms with Crippen molar-refractivity contribution in [3.05, 3.63) is 27.9 Å². The van der Waals surface area contributed by atoms with Gasteiger partial charge in [0.2, 0.25) is 16.9 Å². The van der Waals surface area contributed by atoms with Crippen LogP contribution in [0.15, 0.2) is 21.3 Å². The van der Waals surface area contributed by atoms with Crippen molar-refractivity contribution >= 4 is 21.9 Å². The van der Waals surface area contributed by atoms with Crippen molar-refractivity contribution in [3.63, 3.8) is 0 Å². The van der Waals surface area contributed by atoms with E-state index in [2.05, 4.69) is 0 Å². The van der Waals surface area contributed by atoms with Crippen LogP contribution in [-0.2, 0) is 5.41 Å². The van der Waals surface area contributed by atoms with E-state index < -0.39 is 28.1 Å². The molecule has 130 valence electrons. The first-order valence-corrected chi connectivity index (χ1v) is 7.72. The lowest BCUT2D eigenvalue weighted by Crippen LogP contribution is -2.29. The maximum absolute atomic E-state index is 12.9. The van der Waals surface area contributed by atoms with Gasteiger partial charge in [-0.25, -0.2) is 0 Å². The molecule has 3 aromatic rings. The molecule has 1 atom stereocenters. The fraction of sp³-hybridized carbons (Fsp3) is 0.278. The van der Waals surface area contributed by atoms with E-state index in [0.29, 0.717) is 11.3 Å². The van der Waals surface area contributed by atoms with E-state index in [1.807, 2.05) is 20.8 Å². The highest BCUT2D eigenvalue weighted by Crippen LogP contribution is 2.50. The summed E-state index contributed by atoms with van der Waals surface area (Å²) in [6, 6.07) is 2.36. The van der Waals surface area contributed by atoms with E-state index in [-0.39, 0.29) is 33.8 Å². The minimum atomic E-state index is -0.782. The van der Waals surface area contributed by atoms with Crippen molar-refractivity contribution in [3.8, 4) is 28.7 Å². The average Bonchev–Trinajstić information content (AvgIpc) is 2.75. The number of phenolic OH excluding ortho intramolecular Hbond substituents is 4. The van der Waals surface area contributed by atoms with Crippen LogP contribution in [0.1, 0.15) is 26.3 Å². The summed E-state index contributed by atoms with van der Waals surface area (Å²) in [5, 5.41) is 39.6. The molecule has 7 nitrogen and oxygen atoms in total. The highest BCUT2D eigenvalue weighted by Gasteiger charge is 2.42. The summed E-state index contributed by atoms with van der Waals surface area (Å²) >= 11 is 0.